The number of ether oxygens (including phenoxy) is 1. The quantitative estimate of drug-likeness (QED) is 0.524. The third-order valence-electron chi connectivity index (χ3n) is 5.78. The number of hydrogen-bond acceptors (Lipinski definition) is 2. The van der Waals surface area contributed by atoms with Crippen LogP contribution in [-0.4, -0.2) is 20.7 Å². The van der Waals surface area contributed by atoms with Crippen LogP contribution in [0.5, 0.6) is 0 Å². The first-order valence-corrected chi connectivity index (χ1v) is 11.0. The number of rotatable bonds is 7. The van der Waals surface area contributed by atoms with E-state index < -0.39 is 8.07 Å². The largest absolute Gasteiger partial charge is 0.466 e. The zero-order chi connectivity index (χ0) is 15.5. The molecule has 3 heteroatoms. The van der Waals surface area contributed by atoms with E-state index >= 15 is 0 Å². The number of hydrogen-bond donors (Lipinski definition) is 0. The molecule has 0 unspecified atom stereocenters. The predicted octanol–water partition coefficient (Wildman–Crippen LogP) is 4.99. The van der Waals surface area contributed by atoms with Crippen LogP contribution in [0.3, 0.4) is 0 Å². The van der Waals surface area contributed by atoms with Crippen molar-refractivity contribution in [2.24, 2.45) is 0 Å². The smallest absolute Gasteiger partial charge is 0.309 e. The maximum absolute atomic E-state index is 12.8. The fourth-order valence-corrected chi connectivity index (χ4v) is 9.78. The maximum atomic E-state index is 12.8. The molecule has 1 aromatic carbocycles. The van der Waals surface area contributed by atoms with E-state index in [1.54, 1.807) is 0 Å². The van der Waals surface area contributed by atoms with Gasteiger partial charge in [0.05, 0.1) is 19.7 Å². The molecule has 1 saturated carbocycles. The van der Waals surface area contributed by atoms with Crippen molar-refractivity contribution in [1.82, 2.24) is 0 Å². The van der Waals surface area contributed by atoms with Gasteiger partial charge in [-0.05, 0) is 24.8 Å². The minimum Gasteiger partial charge on any atom is -0.466 e. The van der Waals surface area contributed by atoms with Crippen LogP contribution in [0.2, 0.25) is 23.2 Å². The van der Waals surface area contributed by atoms with Gasteiger partial charge in [-0.15, -0.1) is 0 Å². The highest BCUT2D eigenvalue weighted by atomic mass is 28.3. The van der Waals surface area contributed by atoms with E-state index in [1.165, 1.54) is 23.7 Å². The first kappa shape index (κ1) is 16.3. The molecule has 1 aliphatic rings. The SMILES string of the molecule is CCOC(=O)[C@@]1([Si](CC)(CC)CC)C[C@H]1c1ccccc1. The Balaban J connectivity index is 2.42. The number of carbonyl (C=O) groups excluding carboxylic acids is 1. The first-order chi connectivity index (χ1) is 10.1. The molecule has 0 amide bonds. The van der Waals surface area contributed by atoms with Crippen molar-refractivity contribution in [2.45, 2.75) is 63.2 Å². The average Bonchev–Trinajstić information content (AvgIpc) is 3.28. The zero-order valence-electron chi connectivity index (χ0n) is 13.8. The van der Waals surface area contributed by atoms with Crippen molar-refractivity contribution in [2.75, 3.05) is 6.61 Å². The summed E-state index contributed by atoms with van der Waals surface area (Å²) in [4.78, 5) is 12.8. The van der Waals surface area contributed by atoms with E-state index in [0.717, 1.165) is 6.42 Å². The van der Waals surface area contributed by atoms with E-state index in [-0.39, 0.29) is 11.0 Å². The molecule has 2 nitrogen and oxygen atoms in total. The molecular formula is C18H28O2Si. The molecule has 1 aliphatic carbocycles. The van der Waals surface area contributed by atoms with Gasteiger partial charge in [-0.1, -0.05) is 69.2 Å². The van der Waals surface area contributed by atoms with Crippen molar-refractivity contribution in [3.63, 3.8) is 0 Å². The van der Waals surface area contributed by atoms with Crippen molar-refractivity contribution < 1.29 is 9.53 Å². The van der Waals surface area contributed by atoms with E-state index in [2.05, 4.69) is 45.0 Å². The lowest BCUT2D eigenvalue weighted by Crippen LogP contribution is -2.44. The number of benzene rings is 1. The second-order valence-electron chi connectivity index (χ2n) is 6.20. The molecule has 0 heterocycles. The van der Waals surface area contributed by atoms with Gasteiger partial charge in [0.15, 0.2) is 0 Å². The van der Waals surface area contributed by atoms with Gasteiger partial charge in [0.25, 0.3) is 0 Å². The highest BCUT2D eigenvalue weighted by molar-refractivity contribution is 6.86. The lowest BCUT2D eigenvalue weighted by atomic mass is 10.1. The molecule has 1 aromatic rings. The monoisotopic (exact) mass is 304 g/mol. The summed E-state index contributed by atoms with van der Waals surface area (Å²) in [6.45, 7) is 9.24. The lowest BCUT2D eigenvalue weighted by molar-refractivity contribution is -0.144. The standard InChI is InChI=1S/C18H28O2Si/c1-5-20-17(19)18(21(6-2,7-3)8-4)14-16(18)15-12-10-9-11-13-15/h9-13,16H,5-8,14H2,1-4H3/t16-,18+/m0/s1. The van der Waals surface area contributed by atoms with Crippen LogP contribution in [0.1, 0.15) is 45.6 Å². The van der Waals surface area contributed by atoms with Crippen molar-refractivity contribution in [3.8, 4) is 0 Å². The Labute approximate surface area is 129 Å². The second kappa shape index (κ2) is 6.35. The van der Waals surface area contributed by atoms with Crippen molar-refractivity contribution in [1.29, 1.82) is 0 Å². The summed E-state index contributed by atoms with van der Waals surface area (Å²) in [6.07, 6.45) is 0.998. The molecule has 0 radical (unpaired) electrons. The van der Waals surface area contributed by atoms with Crippen LogP contribution < -0.4 is 0 Å². The Morgan fingerprint density at radius 2 is 1.71 bits per heavy atom. The highest BCUT2D eigenvalue weighted by Crippen LogP contribution is 2.73. The fraction of sp³-hybridized carbons (Fsp3) is 0.611. The Bertz CT molecular complexity index is 473. The van der Waals surface area contributed by atoms with Gasteiger partial charge >= 0.3 is 5.97 Å². The van der Waals surface area contributed by atoms with Gasteiger partial charge in [0.1, 0.15) is 0 Å². The zero-order valence-corrected chi connectivity index (χ0v) is 14.8. The van der Waals surface area contributed by atoms with Crippen LogP contribution in [0.4, 0.5) is 0 Å². The summed E-state index contributed by atoms with van der Waals surface area (Å²) < 4.78 is 5.53. The topological polar surface area (TPSA) is 26.3 Å². The molecule has 21 heavy (non-hydrogen) atoms. The summed E-state index contributed by atoms with van der Waals surface area (Å²) in [5.74, 6) is 0.459. The summed E-state index contributed by atoms with van der Waals surface area (Å²) in [5.41, 5.74) is 1.32. The Morgan fingerprint density at radius 3 is 2.19 bits per heavy atom. The fourth-order valence-electron chi connectivity index (χ4n) is 4.34. The molecule has 0 saturated heterocycles. The Morgan fingerprint density at radius 1 is 1.14 bits per heavy atom. The average molecular weight is 305 g/mol. The minimum absolute atomic E-state index is 0.0797. The summed E-state index contributed by atoms with van der Waals surface area (Å²) >= 11 is 0. The molecule has 0 aliphatic heterocycles. The van der Waals surface area contributed by atoms with E-state index in [1.807, 2.05) is 13.0 Å². The van der Waals surface area contributed by atoms with Crippen LogP contribution in [0.25, 0.3) is 0 Å². The summed E-state index contributed by atoms with van der Waals surface area (Å²) in [6, 6.07) is 14.1. The molecule has 0 aromatic heterocycles. The van der Waals surface area contributed by atoms with Crippen molar-refractivity contribution >= 4 is 14.0 Å². The predicted molar refractivity (Wildman–Crippen MR) is 90.3 cm³/mol. The maximum Gasteiger partial charge on any atom is 0.309 e. The molecule has 0 N–H and O–H groups in total. The van der Waals surface area contributed by atoms with Crippen LogP contribution in [-0.2, 0) is 9.53 Å². The van der Waals surface area contributed by atoms with Gasteiger partial charge in [0.2, 0.25) is 0 Å². The first-order valence-electron chi connectivity index (χ1n) is 8.34. The molecular weight excluding hydrogens is 276 g/mol. The number of carbonyl (C=O) groups is 1. The molecule has 2 atom stereocenters. The Kier molecular flexibility index (Phi) is 4.92. The van der Waals surface area contributed by atoms with Crippen LogP contribution in [0, 0.1) is 0 Å². The second-order valence-corrected chi connectivity index (χ2v) is 11.8. The summed E-state index contributed by atoms with van der Waals surface area (Å²) in [7, 11) is -1.65. The molecule has 0 bridgehead atoms. The highest BCUT2D eigenvalue weighted by Gasteiger charge is 2.71. The lowest BCUT2D eigenvalue weighted by Gasteiger charge is -2.37. The van der Waals surface area contributed by atoms with Crippen LogP contribution in [0.15, 0.2) is 30.3 Å². The molecule has 0 spiro atoms. The van der Waals surface area contributed by atoms with Gasteiger partial charge < -0.3 is 4.74 Å². The van der Waals surface area contributed by atoms with E-state index in [9.17, 15) is 4.79 Å². The Hall–Kier alpha value is -1.09. The van der Waals surface area contributed by atoms with Crippen LogP contribution >= 0.6 is 0 Å². The van der Waals surface area contributed by atoms with E-state index in [4.69, 9.17) is 4.74 Å². The normalized spacial score (nSPS) is 24.7. The van der Waals surface area contributed by atoms with Gasteiger partial charge in [-0.3, -0.25) is 4.79 Å². The van der Waals surface area contributed by atoms with Gasteiger partial charge in [-0.2, -0.15) is 0 Å². The number of esters is 1. The molecule has 116 valence electrons. The third kappa shape index (κ3) is 2.46. The summed E-state index contributed by atoms with van der Waals surface area (Å²) in [5, 5.41) is -0.178. The van der Waals surface area contributed by atoms with Gasteiger partial charge in [-0.25, -0.2) is 0 Å². The minimum atomic E-state index is -1.65. The van der Waals surface area contributed by atoms with E-state index in [0.29, 0.717) is 12.5 Å². The van der Waals surface area contributed by atoms with Gasteiger partial charge in [0, 0.05) is 0 Å². The van der Waals surface area contributed by atoms with Crippen molar-refractivity contribution in [3.05, 3.63) is 35.9 Å². The molecule has 2 rings (SSSR count). The molecule has 1 fully saturated rings. The third-order valence-corrected chi connectivity index (χ3v) is 12.5.